The molecule has 0 saturated carbocycles. The first-order valence-corrected chi connectivity index (χ1v) is 6.27. The minimum absolute atomic E-state index is 0.177. The fourth-order valence-corrected chi connectivity index (χ4v) is 1.92. The zero-order valence-electron chi connectivity index (χ0n) is 11.3. The van der Waals surface area contributed by atoms with Crippen LogP contribution >= 0.6 is 0 Å². The first-order chi connectivity index (χ1) is 9.02. The number of carboxylic acid groups (broad SMARTS) is 1. The van der Waals surface area contributed by atoms with Gasteiger partial charge in [0.1, 0.15) is 0 Å². The molecule has 1 atom stereocenters. The van der Waals surface area contributed by atoms with Crippen LogP contribution in [-0.4, -0.2) is 25.8 Å². The standard InChI is InChI=1S/C14H17N3O2/c1-4-9(2)10-5-7-11(8-6-10)13-15-12(14(18)19)16-17(13)3/h5-9H,4H2,1-3H3,(H,18,19)/t9-/m1/s1. The van der Waals surface area contributed by atoms with Gasteiger partial charge in [0.25, 0.3) is 5.82 Å². The monoisotopic (exact) mass is 259 g/mol. The molecule has 0 saturated heterocycles. The molecule has 0 radical (unpaired) electrons. The van der Waals surface area contributed by atoms with Crippen molar-refractivity contribution < 1.29 is 9.90 Å². The van der Waals surface area contributed by atoms with E-state index in [0.29, 0.717) is 11.7 Å². The molecule has 0 fully saturated rings. The topological polar surface area (TPSA) is 68.0 Å². The quantitative estimate of drug-likeness (QED) is 0.916. The summed E-state index contributed by atoms with van der Waals surface area (Å²) in [6, 6.07) is 8.02. The Hall–Kier alpha value is -2.17. The molecule has 5 heteroatoms. The number of carbonyl (C=O) groups is 1. The zero-order valence-corrected chi connectivity index (χ0v) is 11.3. The van der Waals surface area contributed by atoms with E-state index in [-0.39, 0.29) is 5.82 Å². The number of benzene rings is 1. The minimum atomic E-state index is -1.11. The second-order valence-corrected chi connectivity index (χ2v) is 4.62. The molecule has 2 rings (SSSR count). The van der Waals surface area contributed by atoms with Crippen LogP contribution in [0.3, 0.4) is 0 Å². The van der Waals surface area contributed by atoms with Crippen molar-refractivity contribution in [2.75, 3.05) is 0 Å². The van der Waals surface area contributed by atoms with Crippen LogP contribution in [-0.2, 0) is 7.05 Å². The highest BCUT2D eigenvalue weighted by Gasteiger charge is 2.14. The highest BCUT2D eigenvalue weighted by Crippen LogP contribution is 2.23. The second-order valence-electron chi connectivity index (χ2n) is 4.62. The van der Waals surface area contributed by atoms with Crippen molar-refractivity contribution >= 4 is 5.97 Å². The van der Waals surface area contributed by atoms with Crippen LogP contribution in [0.25, 0.3) is 11.4 Å². The van der Waals surface area contributed by atoms with Gasteiger partial charge in [0.2, 0.25) is 0 Å². The van der Waals surface area contributed by atoms with Gasteiger partial charge < -0.3 is 5.11 Å². The fraction of sp³-hybridized carbons (Fsp3) is 0.357. The van der Waals surface area contributed by atoms with Crippen LogP contribution in [0, 0.1) is 0 Å². The summed E-state index contributed by atoms with van der Waals surface area (Å²) in [4.78, 5) is 14.9. The van der Waals surface area contributed by atoms with E-state index in [2.05, 4.69) is 36.1 Å². The normalized spacial score (nSPS) is 12.4. The molecule has 1 heterocycles. The van der Waals surface area contributed by atoms with E-state index in [9.17, 15) is 4.79 Å². The van der Waals surface area contributed by atoms with Gasteiger partial charge in [0, 0.05) is 12.6 Å². The Kier molecular flexibility index (Phi) is 3.64. The van der Waals surface area contributed by atoms with Gasteiger partial charge in [-0.1, -0.05) is 38.1 Å². The summed E-state index contributed by atoms with van der Waals surface area (Å²) in [5.74, 6) is -0.210. The Morgan fingerprint density at radius 3 is 2.47 bits per heavy atom. The van der Waals surface area contributed by atoms with Crippen molar-refractivity contribution in [3.05, 3.63) is 35.7 Å². The van der Waals surface area contributed by atoms with Gasteiger partial charge in [0.15, 0.2) is 5.82 Å². The molecule has 0 bridgehead atoms. The summed E-state index contributed by atoms with van der Waals surface area (Å²) in [7, 11) is 1.69. The van der Waals surface area contributed by atoms with Crippen LogP contribution in [0.15, 0.2) is 24.3 Å². The van der Waals surface area contributed by atoms with Gasteiger partial charge >= 0.3 is 5.97 Å². The number of aromatic nitrogens is 3. The number of hydrogen-bond acceptors (Lipinski definition) is 3. The predicted octanol–water partition coefficient (Wildman–Crippen LogP) is 2.69. The van der Waals surface area contributed by atoms with Crippen molar-refractivity contribution in [2.45, 2.75) is 26.2 Å². The molecule has 19 heavy (non-hydrogen) atoms. The molecule has 0 aliphatic heterocycles. The number of hydrogen-bond donors (Lipinski definition) is 1. The van der Waals surface area contributed by atoms with Crippen molar-refractivity contribution in [1.82, 2.24) is 14.8 Å². The average Bonchev–Trinajstić information content (AvgIpc) is 2.80. The first kappa shape index (κ1) is 13.3. The van der Waals surface area contributed by atoms with E-state index in [1.165, 1.54) is 10.2 Å². The third kappa shape index (κ3) is 2.65. The fourth-order valence-electron chi connectivity index (χ4n) is 1.92. The van der Waals surface area contributed by atoms with Crippen LogP contribution in [0.4, 0.5) is 0 Å². The molecule has 1 aromatic heterocycles. The SMILES string of the molecule is CC[C@@H](C)c1ccc(-c2nc(C(=O)O)nn2C)cc1. The lowest BCUT2D eigenvalue weighted by Gasteiger charge is -2.09. The number of aromatic carboxylic acids is 1. The summed E-state index contributed by atoms with van der Waals surface area (Å²) in [6.07, 6.45) is 1.09. The van der Waals surface area contributed by atoms with E-state index in [1.54, 1.807) is 7.05 Å². The van der Waals surface area contributed by atoms with Crippen molar-refractivity contribution in [3.8, 4) is 11.4 Å². The summed E-state index contributed by atoms with van der Waals surface area (Å²) < 4.78 is 1.49. The van der Waals surface area contributed by atoms with Gasteiger partial charge in [-0.05, 0) is 17.9 Å². The third-order valence-electron chi connectivity index (χ3n) is 3.30. The Morgan fingerprint density at radius 2 is 2.00 bits per heavy atom. The maximum atomic E-state index is 10.8. The Morgan fingerprint density at radius 1 is 1.37 bits per heavy atom. The van der Waals surface area contributed by atoms with E-state index < -0.39 is 5.97 Å². The first-order valence-electron chi connectivity index (χ1n) is 6.27. The molecule has 100 valence electrons. The van der Waals surface area contributed by atoms with Gasteiger partial charge in [0.05, 0.1) is 0 Å². The van der Waals surface area contributed by atoms with Gasteiger partial charge in [-0.25, -0.2) is 14.5 Å². The van der Waals surface area contributed by atoms with Gasteiger partial charge in [-0.2, -0.15) is 0 Å². The maximum Gasteiger partial charge on any atom is 0.375 e. The van der Waals surface area contributed by atoms with Crippen molar-refractivity contribution in [1.29, 1.82) is 0 Å². The highest BCUT2D eigenvalue weighted by molar-refractivity contribution is 5.83. The number of aryl methyl sites for hydroxylation is 1. The lowest BCUT2D eigenvalue weighted by molar-refractivity contribution is 0.0683. The summed E-state index contributed by atoms with van der Waals surface area (Å²) in [5.41, 5.74) is 2.14. The molecule has 0 amide bonds. The van der Waals surface area contributed by atoms with Crippen molar-refractivity contribution in [3.63, 3.8) is 0 Å². The Labute approximate surface area is 111 Å². The summed E-state index contributed by atoms with van der Waals surface area (Å²) in [5, 5.41) is 12.7. The molecule has 0 unspecified atom stereocenters. The molecule has 1 aromatic carbocycles. The number of nitrogens with zero attached hydrogens (tertiary/aromatic N) is 3. The lowest BCUT2D eigenvalue weighted by Crippen LogP contribution is -2.00. The van der Waals surface area contributed by atoms with E-state index in [0.717, 1.165) is 12.0 Å². The average molecular weight is 259 g/mol. The molecule has 5 nitrogen and oxygen atoms in total. The molecule has 2 aromatic rings. The third-order valence-corrected chi connectivity index (χ3v) is 3.30. The Balaban J connectivity index is 2.34. The van der Waals surface area contributed by atoms with E-state index in [4.69, 9.17) is 5.11 Å². The van der Waals surface area contributed by atoms with Crippen LogP contribution in [0.2, 0.25) is 0 Å². The van der Waals surface area contributed by atoms with E-state index in [1.807, 2.05) is 12.1 Å². The largest absolute Gasteiger partial charge is 0.475 e. The van der Waals surface area contributed by atoms with Crippen molar-refractivity contribution in [2.24, 2.45) is 7.05 Å². The number of rotatable bonds is 4. The van der Waals surface area contributed by atoms with Crippen LogP contribution in [0.5, 0.6) is 0 Å². The molecule has 1 N–H and O–H groups in total. The number of carboxylic acids is 1. The predicted molar refractivity (Wildman–Crippen MR) is 72.1 cm³/mol. The summed E-state index contributed by atoms with van der Waals surface area (Å²) in [6.45, 7) is 4.33. The van der Waals surface area contributed by atoms with Crippen LogP contribution in [0.1, 0.15) is 42.4 Å². The van der Waals surface area contributed by atoms with Gasteiger partial charge in [-0.15, -0.1) is 5.10 Å². The van der Waals surface area contributed by atoms with Gasteiger partial charge in [-0.3, -0.25) is 0 Å². The Bertz CT molecular complexity index is 587. The molecule has 0 aliphatic rings. The molecule has 0 aliphatic carbocycles. The highest BCUT2D eigenvalue weighted by atomic mass is 16.4. The maximum absolute atomic E-state index is 10.8. The molecular weight excluding hydrogens is 242 g/mol. The van der Waals surface area contributed by atoms with E-state index >= 15 is 0 Å². The molecular formula is C14H17N3O2. The zero-order chi connectivity index (χ0) is 14.0. The minimum Gasteiger partial charge on any atom is -0.475 e. The lowest BCUT2D eigenvalue weighted by atomic mass is 9.97. The van der Waals surface area contributed by atoms with Crippen LogP contribution < -0.4 is 0 Å². The smallest absolute Gasteiger partial charge is 0.375 e. The molecule has 0 spiro atoms. The second kappa shape index (κ2) is 5.22. The summed E-state index contributed by atoms with van der Waals surface area (Å²) >= 11 is 0.